The van der Waals surface area contributed by atoms with Gasteiger partial charge in [-0.3, -0.25) is 0 Å². The quantitative estimate of drug-likeness (QED) is 0.885. The Kier molecular flexibility index (Phi) is 3.84. The molecule has 0 amide bonds. The van der Waals surface area contributed by atoms with Crippen molar-refractivity contribution in [1.82, 2.24) is 4.98 Å². The number of anilines is 1. The lowest BCUT2D eigenvalue weighted by Gasteiger charge is -2.13. The van der Waals surface area contributed by atoms with Crippen molar-refractivity contribution in [3.8, 4) is 0 Å². The van der Waals surface area contributed by atoms with E-state index in [0.29, 0.717) is 5.15 Å². The second-order valence-corrected chi connectivity index (χ2v) is 5.55. The number of halogens is 2. The largest absolute Gasteiger partial charge is 0.355 e. The van der Waals surface area contributed by atoms with E-state index in [2.05, 4.69) is 45.3 Å². The van der Waals surface area contributed by atoms with Gasteiger partial charge in [0.15, 0.2) is 5.13 Å². The summed E-state index contributed by atoms with van der Waals surface area (Å²) in [6.45, 7) is 2.10. The molecule has 2 nitrogen and oxygen atoms in total. The summed E-state index contributed by atoms with van der Waals surface area (Å²) < 4.78 is 1.08. The van der Waals surface area contributed by atoms with Gasteiger partial charge in [0, 0.05) is 9.85 Å². The number of thiazole rings is 1. The Bertz CT molecular complexity index is 469. The van der Waals surface area contributed by atoms with Crippen molar-refractivity contribution in [3.63, 3.8) is 0 Å². The minimum absolute atomic E-state index is 0.218. The second-order valence-electron chi connectivity index (χ2n) is 3.39. The first kappa shape index (κ1) is 11.9. The number of benzene rings is 1. The Morgan fingerprint density at radius 1 is 1.38 bits per heavy atom. The summed E-state index contributed by atoms with van der Waals surface area (Å²) >= 11 is 10.7. The molecule has 2 aromatic rings. The predicted molar refractivity (Wildman–Crippen MR) is 73.3 cm³/mol. The summed E-state index contributed by atoms with van der Waals surface area (Å²) in [4.78, 5) is 4.16. The molecule has 0 saturated heterocycles. The minimum atomic E-state index is 0.218. The molecule has 1 N–H and O–H groups in total. The molecule has 1 aromatic carbocycles. The van der Waals surface area contributed by atoms with Crippen molar-refractivity contribution in [2.75, 3.05) is 5.32 Å². The number of hydrogen-bond donors (Lipinski definition) is 1. The average Bonchev–Trinajstić information content (AvgIpc) is 2.65. The van der Waals surface area contributed by atoms with Crippen LogP contribution in [0.4, 0.5) is 5.13 Å². The standard InChI is InChI=1S/C11H10BrClN2S/c1-7(8-2-4-9(12)5-3-8)14-11-15-10(13)6-16-11/h2-7H,1H3,(H,14,15). The maximum Gasteiger partial charge on any atom is 0.184 e. The van der Waals surface area contributed by atoms with Crippen LogP contribution in [0.1, 0.15) is 18.5 Å². The van der Waals surface area contributed by atoms with E-state index in [1.807, 2.05) is 17.5 Å². The first-order chi connectivity index (χ1) is 7.65. The fourth-order valence-corrected chi connectivity index (χ4v) is 2.53. The molecule has 16 heavy (non-hydrogen) atoms. The van der Waals surface area contributed by atoms with E-state index in [1.165, 1.54) is 16.9 Å². The highest BCUT2D eigenvalue weighted by Crippen LogP contribution is 2.24. The summed E-state index contributed by atoms with van der Waals surface area (Å²) in [6.07, 6.45) is 0. The summed E-state index contributed by atoms with van der Waals surface area (Å²) in [5.41, 5.74) is 1.22. The number of nitrogens with one attached hydrogen (secondary N) is 1. The zero-order valence-electron chi connectivity index (χ0n) is 8.58. The zero-order chi connectivity index (χ0) is 11.5. The van der Waals surface area contributed by atoms with Gasteiger partial charge in [0.1, 0.15) is 5.15 Å². The van der Waals surface area contributed by atoms with Gasteiger partial charge in [-0.1, -0.05) is 39.7 Å². The van der Waals surface area contributed by atoms with Gasteiger partial charge in [-0.25, -0.2) is 4.98 Å². The van der Waals surface area contributed by atoms with Gasteiger partial charge in [-0.05, 0) is 24.6 Å². The lowest BCUT2D eigenvalue weighted by atomic mass is 10.1. The smallest absolute Gasteiger partial charge is 0.184 e. The van der Waals surface area contributed by atoms with E-state index < -0.39 is 0 Å². The monoisotopic (exact) mass is 316 g/mol. The molecule has 1 unspecified atom stereocenters. The second kappa shape index (κ2) is 5.17. The Labute approximate surface area is 112 Å². The molecule has 1 heterocycles. The third-order valence-corrected chi connectivity index (χ3v) is 3.81. The van der Waals surface area contributed by atoms with Gasteiger partial charge >= 0.3 is 0 Å². The van der Waals surface area contributed by atoms with Crippen LogP contribution in [0.2, 0.25) is 5.15 Å². The van der Waals surface area contributed by atoms with E-state index in [9.17, 15) is 0 Å². The fourth-order valence-electron chi connectivity index (χ4n) is 1.34. The SMILES string of the molecule is CC(Nc1nc(Cl)cs1)c1ccc(Br)cc1. The van der Waals surface area contributed by atoms with Crippen molar-refractivity contribution < 1.29 is 0 Å². The molecule has 0 fully saturated rings. The van der Waals surface area contributed by atoms with Crippen LogP contribution < -0.4 is 5.32 Å². The topological polar surface area (TPSA) is 24.9 Å². The normalized spacial score (nSPS) is 12.4. The molecular weight excluding hydrogens is 308 g/mol. The number of hydrogen-bond acceptors (Lipinski definition) is 3. The van der Waals surface area contributed by atoms with Crippen LogP contribution >= 0.6 is 38.9 Å². The van der Waals surface area contributed by atoms with Crippen molar-refractivity contribution in [1.29, 1.82) is 0 Å². The molecule has 0 aliphatic heterocycles. The molecule has 0 saturated carbocycles. The molecule has 0 aliphatic carbocycles. The van der Waals surface area contributed by atoms with E-state index >= 15 is 0 Å². The Morgan fingerprint density at radius 2 is 2.06 bits per heavy atom. The third kappa shape index (κ3) is 2.97. The summed E-state index contributed by atoms with van der Waals surface area (Å²) in [7, 11) is 0. The van der Waals surface area contributed by atoms with Crippen LogP contribution in [0.5, 0.6) is 0 Å². The highest BCUT2D eigenvalue weighted by atomic mass is 79.9. The van der Waals surface area contributed by atoms with Crippen LogP contribution in [-0.4, -0.2) is 4.98 Å². The molecule has 1 aromatic heterocycles. The lowest BCUT2D eigenvalue weighted by Crippen LogP contribution is -2.05. The van der Waals surface area contributed by atoms with Gasteiger partial charge < -0.3 is 5.32 Å². The number of rotatable bonds is 3. The minimum Gasteiger partial charge on any atom is -0.355 e. The van der Waals surface area contributed by atoms with Crippen LogP contribution in [0.25, 0.3) is 0 Å². The molecule has 0 bridgehead atoms. The number of nitrogens with zero attached hydrogens (tertiary/aromatic N) is 1. The Morgan fingerprint density at radius 3 is 2.62 bits per heavy atom. The van der Waals surface area contributed by atoms with Gasteiger partial charge in [0.25, 0.3) is 0 Å². The molecular formula is C11H10BrClN2S. The van der Waals surface area contributed by atoms with Crippen molar-refractivity contribution in [3.05, 3.63) is 44.8 Å². The molecule has 2 rings (SSSR count). The first-order valence-electron chi connectivity index (χ1n) is 4.78. The Balaban J connectivity index is 2.08. The predicted octanol–water partition coefficient (Wildman–Crippen LogP) is 4.73. The molecule has 0 spiro atoms. The fraction of sp³-hybridized carbons (Fsp3) is 0.182. The van der Waals surface area contributed by atoms with Gasteiger partial charge in [0.05, 0.1) is 6.04 Å². The van der Waals surface area contributed by atoms with E-state index in [-0.39, 0.29) is 6.04 Å². The van der Waals surface area contributed by atoms with Crippen LogP contribution in [0.15, 0.2) is 34.1 Å². The maximum absolute atomic E-state index is 5.76. The van der Waals surface area contributed by atoms with Crippen LogP contribution in [0.3, 0.4) is 0 Å². The lowest BCUT2D eigenvalue weighted by molar-refractivity contribution is 0.881. The summed E-state index contributed by atoms with van der Waals surface area (Å²) in [5.74, 6) is 0. The third-order valence-electron chi connectivity index (χ3n) is 2.19. The number of aromatic nitrogens is 1. The van der Waals surface area contributed by atoms with Gasteiger partial charge in [0.2, 0.25) is 0 Å². The maximum atomic E-state index is 5.76. The molecule has 84 valence electrons. The van der Waals surface area contributed by atoms with Crippen LogP contribution in [-0.2, 0) is 0 Å². The van der Waals surface area contributed by atoms with E-state index in [4.69, 9.17) is 11.6 Å². The molecule has 1 atom stereocenters. The summed E-state index contributed by atoms with van der Waals surface area (Å²) in [6, 6.07) is 8.44. The average molecular weight is 318 g/mol. The van der Waals surface area contributed by atoms with E-state index in [0.717, 1.165) is 9.60 Å². The van der Waals surface area contributed by atoms with Gasteiger partial charge in [-0.15, -0.1) is 11.3 Å². The van der Waals surface area contributed by atoms with Crippen LogP contribution in [0, 0.1) is 0 Å². The molecule has 0 aliphatic rings. The highest BCUT2D eigenvalue weighted by molar-refractivity contribution is 9.10. The van der Waals surface area contributed by atoms with E-state index in [1.54, 1.807) is 0 Å². The summed E-state index contributed by atoms with van der Waals surface area (Å²) in [5, 5.41) is 6.51. The van der Waals surface area contributed by atoms with Crippen molar-refractivity contribution >= 4 is 44.0 Å². The van der Waals surface area contributed by atoms with Crippen molar-refractivity contribution in [2.24, 2.45) is 0 Å². The Hall–Kier alpha value is -0.580. The van der Waals surface area contributed by atoms with Gasteiger partial charge in [-0.2, -0.15) is 0 Å². The molecule has 5 heteroatoms. The van der Waals surface area contributed by atoms with Crippen molar-refractivity contribution in [2.45, 2.75) is 13.0 Å². The highest BCUT2D eigenvalue weighted by Gasteiger charge is 2.07. The zero-order valence-corrected chi connectivity index (χ0v) is 11.7. The first-order valence-corrected chi connectivity index (χ1v) is 6.83. The molecule has 0 radical (unpaired) electrons.